The van der Waals surface area contributed by atoms with E-state index in [0.717, 1.165) is 0 Å². The van der Waals surface area contributed by atoms with Crippen LogP contribution >= 0.6 is 35.7 Å². The zero-order chi connectivity index (χ0) is 11.7. The van der Waals surface area contributed by atoms with Gasteiger partial charge in [0, 0.05) is 6.54 Å². The van der Waals surface area contributed by atoms with Crippen molar-refractivity contribution in [2.24, 2.45) is 0 Å². The molecule has 84 valence electrons. The summed E-state index contributed by atoms with van der Waals surface area (Å²) in [7, 11) is 0. The van der Waals surface area contributed by atoms with E-state index in [1.165, 1.54) is 28.4 Å². The summed E-state index contributed by atoms with van der Waals surface area (Å²) in [5.74, 6) is 0.134. The van der Waals surface area contributed by atoms with Gasteiger partial charge in [0.2, 0.25) is 5.91 Å². The van der Waals surface area contributed by atoms with Crippen LogP contribution in [0.4, 0.5) is 0 Å². The maximum atomic E-state index is 11.9. The van der Waals surface area contributed by atoms with Gasteiger partial charge in [-0.05, 0) is 0 Å². The van der Waals surface area contributed by atoms with Gasteiger partial charge in [0.05, 0.1) is 10.8 Å². The fraction of sp³-hybridized carbons (Fsp3) is 0.222. The van der Waals surface area contributed by atoms with Gasteiger partial charge in [0.1, 0.15) is 9.23 Å². The van der Waals surface area contributed by atoms with Crippen molar-refractivity contribution in [3.63, 3.8) is 0 Å². The molecule has 7 heteroatoms. The third-order valence-corrected chi connectivity index (χ3v) is 4.55. The highest BCUT2D eigenvalue weighted by molar-refractivity contribution is 8.27. The minimum absolute atomic E-state index is 0.0750. The van der Waals surface area contributed by atoms with Crippen LogP contribution in [0.5, 0.6) is 0 Å². The van der Waals surface area contributed by atoms with Crippen LogP contribution < -0.4 is 5.32 Å². The zero-order valence-electron chi connectivity index (χ0n) is 8.19. The first kappa shape index (κ1) is 11.7. The Morgan fingerprint density at radius 1 is 1.56 bits per heavy atom. The average Bonchev–Trinajstić information content (AvgIpc) is 2.77. The minimum atomic E-state index is -0.153. The second kappa shape index (κ2) is 4.60. The molecule has 0 aliphatic carbocycles. The Morgan fingerprint density at radius 3 is 2.88 bits per heavy atom. The Labute approximate surface area is 107 Å². The zero-order valence-corrected chi connectivity index (χ0v) is 10.6. The number of rotatable bonds is 2. The number of thiocarbonyl (C=S) groups is 1. The lowest BCUT2D eigenvalue weighted by atomic mass is 10.4. The molecule has 0 spiro atoms. The second-order valence-electron chi connectivity index (χ2n) is 3.07. The molecule has 0 aromatic carbocycles. The molecule has 16 heavy (non-hydrogen) atoms. The number of hydrogen-bond acceptors (Lipinski definition) is 5. The molecule has 1 N–H and O–H groups in total. The predicted molar refractivity (Wildman–Crippen MR) is 69.7 cm³/mol. The van der Waals surface area contributed by atoms with E-state index in [1.54, 1.807) is 6.08 Å². The largest absolute Gasteiger partial charge is 0.319 e. The van der Waals surface area contributed by atoms with E-state index in [1.807, 2.05) is 0 Å². The fourth-order valence-electron chi connectivity index (χ4n) is 1.28. The van der Waals surface area contributed by atoms with Crippen LogP contribution in [0.3, 0.4) is 0 Å². The van der Waals surface area contributed by atoms with Crippen molar-refractivity contribution in [1.29, 1.82) is 0 Å². The van der Waals surface area contributed by atoms with Gasteiger partial charge in [-0.1, -0.05) is 41.8 Å². The van der Waals surface area contributed by atoms with Gasteiger partial charge < -0.3 is 5.32 Å². The summed E-state index contributed by atoms with van der Waals surface area (Å²) in [4.78, 5) is 25.0. The molecule has 2 fully saturated rings. The first-order valence-corrected chi connectivity index (χ1v) is 6.66. The lowest BCUT2D eigenvalue weighted by Gasteiger charge is -2.10. The number of nitrogens with one attached hydrogen (secondary N) is 1. The standard InChI is InChI=1S/C9H8N2O2S3/c1-2-3-11-8(13)6(16-9(11)14)7-10-5(12)4-15-7/h2H,1,3-4H2,(H,10,12). The van der Waals surface area contributed by atoms with E-state index >= 15 is 0 Å². The molecule has 2 saturated heterocycles. The van der Waals surface area contributed by atoms with Gasteiger partial charge in [-0.25, -0.2) is 0 Å². The quantitative estimate of drug-likeness (QED) is 0.463. The van der Waals surface area contributed by atoms with E-state index < -0.39 is 0 Å². The Kier molecular flexibility index (Phi) is 3.36. The van der Waals surface area contributed by atoms with Gasteiger partial charge >= 0.3 is 0 Å². The summed E-state index contributed by atoms with van der Waals surface area (Å²) in [5.41, 5.74) is 0. The Hall–Kier alpha value is -0.790. The van der Waals surface area contributed by atoms with E-state index in [9.17, 15) is 9.59 Å². The molecule has 0 radical (unpaired) electrons. The SMILES string of the molecule is C=CCN1C(=O)C(=C2NC(=O)CS2)SC1=S. The second-order valence-corrected chi connectivity index (χ2v) is 5.70. The van der Waals surface area contributed by atoms with Crippen molar-refractivity contribution < 1.29 is 9.59 Å². The number of amides is 2. The molecule has 2 aliphatic heterocycles. The molecule has 0 unspecified atom stereocenters. The maximum absolute atomic E-state index is 11.9. The van der Waals surface area contributed by atoms with Crippen LogP contribution in [0.25, 0.3) is 0 Å². The molecule has 2 amide bonds. The van der Waals surface area contributed by atoms with Crippen molar-refractivity contribution in [3.05, 3.63) is 22.6 Å². The summed E-state index contributed by atoms with van der Waals surface area (Å²) in [6, 6.07) is 0. The van der Waals surface area contributed by atoms with Crippen LogP contribution in [-0.2, 0) is 9.59 Å². The van der Waals surface area contributed by atoms with Gasteiger partial charge in [0.15, 0.2) is 0 Å². The molecule has 0 bridgehead atoms. The van der Waals surface area contributed by atoms with Crippen LogP contribution in [0.2, 0.25) is 0 Å². The van der Waals surface area contributed by atoms with Crippen molar-refractivity contribution in [1.82, 2.24) is 10.2 Å². The average molecular weight is 272 g/mol. The topological polar surface area (TPSA) is 49.4 Å². The van der Waals surface area contributed by atoms with Crippen molar-refractivity contribution in [2.45, 2.75) is 0 Å². The van der Waals surface area contributed by atoms with Gasteiger partial charge in [-0.15, -0.1) is 6.58 Å². The molecule has 0 atom stereocenters. The molecule has 2 aliphatic rings. The van der Waals surface area contributed by atoms with Crippen LogP contribution in [0.15, 0.2) is 22.6 Å². The molecular weight excluding hydrogens is 264 g/mol. The molecule has 0 saturated carbocycles. The third-order valence-electron chi connectivity index (χ3n) is 1.97. The van der Waals surface area contributed by atoms with E-state index in [2.05, 4.69) is 11.9 Å². The van der Waals surface area contributed by atoms with Crippen LogP contribution in [-0.4, -0.2) is 33.3 Å². The monoisotopic (exact) mass is 272 g/mol. The number of carbonyl (C=O) groups is 2. The highest BCUT2D eigenvalue weighted by Gasteiger charge is 2.35. The number of thioether (sulfide) groups is 2. The van der Waals surface area contributed by atoms with Crippen LogP contribution in [0.1, 0.15) is 0 Å². The van der Waals surface area contributed by atoms with Gasteiger partial charge in [-0.2, -0.15) is 0 Å². The third kappa shape index (κ3) is 2.02. The molecule has 4 nitrogen and oxygen atoms in total. The summed E-state index contributed by atoms with van der Waals surface area (Å²) in [6.07, 6.45) is 1.62. The molecule has 2 heterocycles. The number of carbonyl (C=O) groups excluding carboxylic acids is 2. The van der Waals surface area contributed by atoms with Gasteiger partial charge in [0.25, 0.3) is 5.91 Å². The Bertz CT molecular complexity index is 430. The van der Waals surface area contributed by atoms with Crippen molar-refractivity contribution in [2.75, 3.05) is 12.3 Å². The normalized spacial score (nSPS) is 25.2. The molecular formula is C9H8N2O2S3. The summed E-state index contributed by atoms with van der Waals surface area (Å²) in [6.45, 7) is 3.98. The predicted octanol–water partition coefficient (Wildman–Crippen LogP) is 1.06. The smallest absolute Gasteiger partial charge is 0.269 e. The Balaban J connectivity index is 2.26. The number of hydrogen-bond donors (Lipinski definition) is 1. The fourth-order valence-corrected chi connectivity index (χ4v) is 3.53. The first-order valence-electron chi connectivity index (χ1n) is 4.45. The molecule has 2 rings (SSSR count). The lowest BCUT2D eigenvalue weighted by Crippen LogP contribution is -2.28. The summed E-state index contributed by atoms with van der Waals surface area (Å²) in [5, 5.41) is 3.28. The highest BCUT2D eigenvalue weighted by Crippen LogP contribution is 2.37. The van der Waals surface area contributed by atoms with E-state index in [-0.39, 0.29) is 11.8 Å². The first-order chi connectivity index (χ1) is 7.63. The molecule has 0 aromatic heterocycles. The lowest BCUT2D eigenvalue weighted by molar-refractivity contribution is -0.121. The van der Waals surface area contributed by atoms with Gasteiger partial charge in [-0.3, -0.25) is 14.5 Å². The highest BCUT2D eigenvalue weighted by atomic mass is 32.2. The summed E-state index contributed by atoms with van der Waals surface area (Å²) >= 11 is 7.65. The van der Waals surface area contributed by atoms with E-state index in [0.29, 0.717) is 26.6 Å². The number of nitrogens with zero attached hydrogens (tertiary/aromatic N) is 1. The maximum Gasteiger partial charge on any atom is 0.269 e. The van der Waals surface area contributed by atoms with Crippen LogP contribution in [0, 0.1) is 0 Å². The minimum Gasteiger partial charge on any atom is -0.319 e. The van der Waals surface area contributed by atoms with Crippen molar-refractivity contribution >= 4 is 51.9 Å². The van der Waals surface area contributed by atoms with E-state index in [4.69, 9.17) is 12.2 Å². The Morgan fingerprint density at radius 2 is 2.31 bits per heavy atom. The molecule has 0 aromatic rings. The van der Waals surface area contributed by atoms with Crippen molar-refractivity contribution in [3.8, 4) is 0 Å². The summed E-state index contributed by atoms with van der Waals surface area (Å²) < 4.78 is 0.508.